The maximum absolute atomic E-state index is 13.2. The molecule has 0 bridgehead atoms. The molecule has 18 heavy (non-hydrogen) atoms. The van der Waals surface area contributed by atoms with Crippen LogP contribution in [-0.4, -0.2) is 5.78 Å². The molecule has 0 aliphatic carbocycles. The van der Waals surface area contributed by atoms with Gasteiger partial charge in [0.2, 0.25) is 0 Å². The van der Waals surface area contributed by atoms with Crippen molar-refractivity contribution >= 4 is 5.78 Å². The van der Waals surface area contributed by atoms with Crippen molar-refractivity contribution < 1.29 is 13.9 Å². The first-order chi connectivity index (χ1) is 8.74. The van der Waals surface area contributed by atoms with Crippen LogP contribution >= 0.6 is 0 Å². The molecule has 0 spiro atoms. The number of carbonyl (C=O) groups excluding carboxylic acids is 1. The van der Waals surface area contributed by atoms with E-state index in [1.165, 1.54) is 12.1 Å². The lowest BCUT2D eigenvalue weighted by atomic mass is 9.96. The van der Waals surface area contributed by atoms with Gasteiger partial charge in [-0.15, -0.1) is 0 Å². The van der Waals surface area contributed by atoms with Gasteiger partial charge in [-0.05, 0) is 11.6 Å². The molecule has 3 rings (SSSR count). The zero-order valence-electron chi connectivity index (χ0n) is 9.60. The monoisotopic (exact) mass is 242 g/mol. The summed E-state index contributed by atoms with van der Waals surface area (Å²) in [6.07, 6.45) is -0.338. The Balaban J connectivity index is 1.99. The molecule has 2 nitrogen and oxygen atoms in total. The van der Waals surface area contributed by atoms with Gasteiger partial charge in [0, 0.05) is 18.1 Å². The van der Waals surface area contributed by atoms with Gasteiger partial charge in [0.05, 0.1) is 0 Å². The van der Waals surface area contributed by atoms with E-state index in [4.69, 9.17) is 4.74 Å². The molecule has 3 heteroatoms. The number of hydrogen-bond acceptors (Lipinski definition) is 2. The molecule has 1 heterocycles. The molecule has 0 amide bonds. The van der Waals surface area contributed by atoms with Gasteiger partial charge >= 0.3 is 0 Å². The number of carbonyl (C=O) groups is 1. The third kappa shape index (κ3) is 1.88. The van der Waals surface area contributed by atoms with Gasteiger partial charge < -0.3 is 4.74 Å². The smallest absolute Gasteiger partial charge is 0.182 e. The minimum atomic E-state index is -0.625. The summed E-state index contributed by atoms with van der Waals surface area (Å²) in [6.45, 7) is 0. The van der Waals surface area contributed by atoms with Crippen LogP contribution in [0.2, 0.25) is 0 Å². The summed E-state index contributed by atoms with van der Waals surface area (Å²) in [4.78, 5) is 12.0. The van der Waals surface area contributed by atoms with E-state index in [0.717, 1.165) is 11.1 Å². The largest absolute Gasteiger partial charge is 0.477 e. The van der Waals surface area contributed by atoms with Crippen LogP contribution in [0.25, 0.3) is 0 Å². The van der Waals surface area contributed by atoms with E-state index in [0.29, 0.717) is 5.75 Å². The maximum atomic E-state index is 13.2. The fourth-order valence-corrected chi connectivity index (χ4v) is 2.14. The lowest BCUT2D eigenvalue weighted by molar-refractivity contribution is -0.126. The van der Waals surface area contributed by atoms with E-state index in [1.807, 2.05) is 30.3 Å². The number of ether oxygens (including phenoxy) is 1. The fraction of sp³-hybridized carbons (Fsp3) is 0.133. The van der Waals surface area contributed by atoms with E-state index >= 15 is 0 Å². The average molecular weight is 242 g/mol. The van der Waals surface area contributed by atoms with Crippen LogP contribution in [0.5, 0.6) is 5.75 Å². The Kier molecular flexibility index (Phi) is 2.59. The number of ketones is 1. The van der Waals surface area contributed by atoms with E-state index in [-0.39, 0.29) is 18.0 Å². The topological polar surface area (TPSA) is 26.3 Å². The van der Waals surface area contributed by atoms with Crippen molar-refractivity contribution in [3.63, 3.8) is 0 Å². The molecule has 1 aliphatic rings. The number of rotatable bonds is 1. The predicted molar refractivity (Wildman–Crippen MR) is 64.9 cm³/mol. The van der Waals surface area contributed by atoms with Crippen LogP contribution in [0.4, 0.5) is 4.39 Å². The Morgan fingerprint density at radius 2 is 1.89 bits per heavy atom. The molecule has 1 atom stereocenters. The van der Waals surface area contributed by atoms with Gasteiger partial charge in [0.1, 0.15) is 11.6 Å². The molecular weight excluding hydrogens is 231 g/mol. The molecule has 0 aromatic heterocycles. The third-order valence-corrected chi connectivity index (χ3v) is 3.03. The molecule has 0 N–H and O–H groups in total. The van der Waals surface area contributed by atoms with Gasteiger partial charge in [-0.25, -0.2) is 4.39 Å². The van der Waals surface area contributed by atoms with Crippen LogP contribution in [0.3, 0.4) is 0 Å². The highest BCUT2D eigenvalue weighted by atomic mass is 19.1. The van der Waals surface area contributed by atoms with Gasteiger partial charge in [-0.2, -0.15) is 0 Å². The first-order valence-corrected chi connectivity index (χ1v) is 5.77. The Morgan fingerprint density at radius 1 is 1.11 bits per heavy atom. The van der Waals surface area contributed by atoms with Crippen LogP contribution in [-0.2, 0) is 11.2 Å². The summed E-state index contributed by atoms with van der Waals surface area (Å²) in [6, 6.07) is 13.5. The second kappa shape index (κ2) is 4.26. The van der Waals surface area contributed by atoms with E-state index in [2.05, 4.69) is 0 Å². The molecule has 1 unspecified atom stereocenters. The number of hydrogen-bond donors (Lipinski definition) is 0. The Bertz CT molecular complexity index is 593. The molecule has 90 valence electrons. The van der Waals surface area contributed by atoms with E-state index in [9.17, 15) is 9.18 Å². The van der Waals surface area contributed by atoms with E-state index in [1.54, 1.807) is 6.07 Å². The summed E-state index contributed by atoms with van der Waals surface area (Å²) in [5.74, 6) is 0.110. The highest BCUT2D eigenvalue weighted by Crippen LogP contribution is 2.33. The lowest BCUT2D eigenvalue weighted by Gasteiger charge is -2.25. The Morgan fingerprint density at radius 3 is 2.67 bits per heavy atom. The second-order valence-electron chi connectivity index (χ2n) is 4.30. The number of benzene rings is 2. The molecule has 0 fully saturated rings. The SMILES string of the molecule is O=C1Cc2ccc(F)cc2OC1c1ccccc1. The zero-order chi connectivity index (χ0) is 12.5. The minimum Gasteiger partial charge on any atom is -0.477 e. The van der Waals surface area contributed by atoms with Crippen molar-refractivity contribution in [1.82, 2.24) is 0 Å². The molecule has 0 saturated carbocycles. The van der Waals surface area contributed by atoms with Crippen molar-refractivity contribution in [3.05, 3.63) is 65.5 Å². The third-order valence-electron chi connectivity index (χ3n) is 3.03. The average Bonchev–Trinajstić information content (AvgIpc) is 2.39. The summed E-state index contributed by atoms with van der Waals surface area (Å²) in [5.41, 5.74) is 1.55. The zero-order valence-corrected chi connectivity index (χ0v) is 9.60. The van der Waals surface area contributed by atoms with Crippen LogP contribution in [0.1, 0.15) is 17.2 Å². The lowest BCUT2D eigenvalue weighted by Crippen LogP contribution is -2.25. The fourth-order valence-electron chi connectivity index (χ4n) is 2.14. The van der Waals surface area contributed by atoms with Gasteiger partial charge in [0.25, 0.3) is 0 Å². The van der Waals surface area contributed by atoms with Crippen LogP contribution in [0, 0.1) is 5.82 Å². The number of Topliss-reactive ketones (excluding diaryl/α,β-unsaturated/α-hetero) is 1. The molecule has 2 aromatic rings. The standard InChI is InChI=1S/C15H11FO2/c16-12-7-6-11-8-13(17)15(18-14(11)9-12)10-4-2-1-3-5-10/h1-7,9,15H,8H2. The normalized spacial score (nSPS) is 18.1. The predicted octanol–water partition coefficient (Wildman–Crippen LogP) is 3.07. The van der Waals surface area contributed by atoms with Gasteiger partial charge in [-0.1, -0.05) is 36.4 Å². The van der Waals surface area contributed by atoms with Crippen molar-refractivity contribution in [2.45, 2.75) is 12.5 Å². The molecule has 0 saturated heterocycles. The van der Waals surface area contributed by atoms with Crippen LogP contribution < -0.4 is 4.74 Å². The van der Waals surface area contributed by atoms with E-state index < -0.39 is 6.10 Å². The first kappa shape index (κ1) is 11.0. The molecule has 1 aliphatic heterocycles. The Hall–Kier alpha value is -2.16. The Labute approximate surface area is 104 Å². The van der Waals surface area contributed by atoms with Gasteiger partial charge in [-0.3, -0.25) is 4.79 Å². The minimum absolute atomic E-state index is 0.000285. The summed E-state index contributed by atoms with van der Waals surface area (Å²) >= 11 is 0. The van der Waals surface area contributed by atoms with Crippen molar-refractivity contribution in [2.24, 2.45) is 0 Å². The van der Waals surface area contributed by atoms with Crippen molar-refractivity contribution in [1.29, 1.82) is 0 Å². The van der Waals surface area contributed by atoms with Gasteiger partial charge in [0.15, 0.2) is 11.9 Å². The summed E-state index contributed by atoms with van der Waals surface area (Å²) in [7, 11) is 0. The quantitative estimate of drug-likeness (QED) is 0.768. The molecule has 2 aromatic carbocycles. The van der Waals surface area contributed by atoms with Crippen molar-refractivity contribution in [2.75, 3.05) is 0 Å². The summed E-state index contributed by atoms with van der Waals surface area (Å²) < 4.78 is 18.8. The molecular formula is C15H11FO2. The van der Waals surface area contributed by atoms with Crippen LogP contribution in [0.15, 0.2) is 48.5 Å². The first-order valence-electron chi connectivity index (χ1n) is 5.77. The second-order valence-corrected chi connectivity index (χ2v) is 4.30. The highest BCUT2D eigenvalue weighted by Gasteiger charge is 2.29. The summed E-state index contributed by atoms with van der Waals surface area (Å²) in [5, 5.41) is 0. The highest BCUT2D eigenvalue weighted by molar-refractivity contribution is 5.88. The number of halogens is 1. The molecule has 0 radical (unpaired) electrons. The maximum Gasteiger partial charge on any atom is 0.182 e. The number of fused-ring (bicyclic) bond motifs is 1. The van der Waals surface area contributed by atoms with Crippen molar-refractivity contribution in [3.8, 4) is 5.75 Å².